The minimum absolute atomic E-state index is 0.0677. The monoisotopic (exact) mass is 321 g/mol. The van der Waals surface area contributed by atoms with E-state index in [-0.39, 0.29) is 11.7 Å². The van der Waals surface area contributed by atoms with Crippen molar-refractivity contribution in [3.05, 3.63) is 46.4 Å². The van der Waals surface area contributed by atoms with E-state index in [4.69, 9.17) is 5.26 Å². The van der Waals surface area contributed by atoms with E-state index in [0.29, 0.717) is 28.1 Å². The average Bonchev–Trinajstić information content (AvgIpc) is 3.30. The minimum atomic E-state index is -0.458. The van der Waals surface area contributed by atoms with Crippen LogP contribution in [0.1, 0.15) is 18.4 Å². The first-order chi connectivity index (χ1) is 11.7. The number of fused-ring (bicyclic) bond motifs is 1. The van der Waals surface area contributed by atoms with Gasteiger partial charge >= 0.3 is 5.69 Å². The van der Waals surface area contributed by atoms with Crippen LogP contribution in [0.4, 0.5) is 11.4 Å². The number of rotatable bonds is 4. The van der Waals surface area contributed by atoms with Crippen LogP contribution >= 0.6 is 0 Å². The first-order valence-electron chi connectivity index (χ1n) is 7.31. The summed E-state index contributed by atoms with van der Waals surface area (Å²) < 4.78 is 1.50. The lowest BCUT2D eigenvalue weighted by Crippen LogP contribution is -2.08. The smallest absolute Gasteiger partial charge is 0.310 e. The summed E-state index contributed by atoms with van der Waals surface area (Å²) in [5.41, 5.74) is 1.33. The van der Waals surface area contributed by atoms with Gasteiger partial charge < -0.3 is 5.32 Å². The van der Waals surface area contributed by atoms with Gasteiger partial charge in [0.15, 0.2) is 11.5 Å². The van der Waals surface area contributed by atoms with Crippen LogP contribution < -0.4 is 5.32 Å². The lowest BCUT2D eigenvalue weighted by Gasteiger charge is -2.08. The Morgan fingerprint density at radius 2 is 2.12 bits per heavy atom. The van der Waals surface area contributed by atoms with Gasteiger partial charge in [0.05, 0.1) is 16.7 Å². The zero-order valence-electron chi connectivity index (χ0n) is 12.4. The predicted octanol–water partition coefficient (Wildman–Crippen LogP) is 2.17. The standard InChI is InChI=1S/C15H11N7O2/c16-5-9-3-10-7-19-21(15(10)18-6-9)14-4-12(20-11-1-2-11)13(8-17-14)22(23)24/h3-4,6-8,11H,1-2H2,(H,17,20). The minimum Gasteiger partial charge on any atom is -0.377 e. The SMILES string of the molecule is N#Cc1cnc2c(cnn2-c2cc(NC3CC3)c([N+](=O)[O-])cn2)c1. The van der Waals surface area contributed by atoms with E-state index in [1.165, 1.54) is 17.1 Å². The van der Waals surface area contributed by atoms with Crippen molar-refractivity contribution in [1.29, 1.82) is 5.26 Å². The quantitative estimate of drug-likeness (QED) is 0.577. The van der Waals surface area contributed by atoms with Crippen LogP contribution in [0.5, 0.6) is 0 Å². The summed E-state index contributed by atoms with van der Waals surface area (Å²) in [5, 5.41) is 28.2. The maximum Gasteiger partial charge on any atom is 0.310 e. The number of nitrogens with zero attached hydrogens (tertiary/aromatic N) is 6. The second-order valence-corrected chi connectivity index (χ2v) is 5.54. The van der Waals surface area contributed by atoms with E-state index in [0.717, 1.165) is 12.8 Å². The molecule has 0 amide bonds. The Bertz CT molecular complexity index is 1000. The molecule has 1 saturated carbocycles. The molecule has 9 nitrogen and oxygen atoms in total. The normalized spacial score (nSPS) is 13.6. The summed E-state index contributed by atoms with van der Waals surface area (Å²) in [5.74, 6) is 0.427. The van der Waals surface area contributed by atoms with Gasteiger partial charge in [-0.2, -0.15) is 15.0 Å². The maximum absolute atomic E-state index is 11.2. The fourth-order valence-corrected chi connectivity index (χ4v) is 2.41. The molecule has 0 unspecified atom stereocenters. The molecule has 118 valence electrons. The second-order valence-electron chi connectivity index (χ2n) is 5.54. The Kier molecular flexibility index (Phi) is 3.09. The molecule has 4 rings (SSSR count). The molecule has 3 aromatic rings. The molecule has 9 heteroatoms. The molecule has 0 aromatic carbocycles. The number of nitrogens with one attached hydrogen (secondary N) is 1. The van der Waals surface area contributed by atoms with Gasteiger partial charge in [0.1, 0.15) is 18.0 Å². The van der Waals surface area contributed by atoms with Crippen molar-refractivity contribution in [2.75, 3.05) is 5.32 Å². The van der Waals surface area contributed by atoms with Gasteiger partial charge in [-0.1, -0.05) is 0 Å². The van der Waals surface area contributed by atoms with Gasteiger partial charge in [0.2, 0.25) is 0 Å². The Labute approximate surface area is 135 Å². The van der Waals surface area contributed by atoms with Gasteiger partial charge in [-0.15, -0.1) is 0 Å². The van der Waals surface area contributed by atoms with Gasteiger partial charge in [0, 0.05) is 23.7 Å². The molecule has 1 fully saturated rings. The van der Waals surface area contributed by atoms with Crippen molar-refractivity contribution in [1.82, 2.24) is 19.7 Å². The van der Waals surface area contributed by atoms with Crippen molar-refractivity contribution in [2.45, 2.75) is 18.9 Å². The zero-order chi connectivity index (χ0) is 16.7. The van der Waals surface area contributed by atoms with Crippen molar-refractivity contribution in [2.24, 2.45) is 0 Å². The molecule has 0 radical (unpaired) electrons. The van der Waals surface area contributed by atoms with Crippen LogP contribution in [0.2, 0.25) is 0 Å². The Morgan fingerprint density at radius 3 is 2.83 bits per heavy atom. The topological polar surface area (TPSA) is 123 Å². The number of hydrogen-bond donors (Lipinski definition) is 1. The van der Waals surface area contributed by atoms with Crippen molar-refractivity contribution < 1.29 is 4.92 Å². The van der Waals surface area contributed by atoms with Crippen LogP contribution in [-0.4, -0.2) is 30.7 Å². The van der Waals surface area contributed by atoms with Gasteiger partial charge in [-0.3, -0.25) is 10.1 Å². The summed E-state index contributed by atoms with van der Waals surface area (Å²) in [6, 6.07) is 5.57. The van der Waals surface area contributed by atoms with E-state index < -0.39 is 4.92 Å². The van der Waals surface area contributed by atoms with E-state index in [1.54, 1.807) is 18.3 Å². The van der Waals surface area contributed by atoms with Crippen LogP contribution in [0.15, 0.2) is 30.7 Å². The van der Waals surface area contributed by atoms with Gasteiger partial charge in [0.25, 0.3) is 0 Å². The van der Waals surface area contributed by atoms with E-state index in [2.05, 4.69) is 20.4 Å². The first-order valence-corrected chi connectivity index (χ1v) is 7.31. The lowest BCUT2D eigenvalue weighted by molar-refractivity contribution is -0.384. The second kappa shape index (κ2) is 5.27. The fraction of sp³-hybridized carbons (Fsp3) is 0.200. The molecule has 1 aliphatic rings. The Morgan fingerprint density at radius 1 is 1.29 bits per heavy atom. The van der Waals surface area contributed by atoms with Crippen LogP contribution in [0.25, 0.3) is 16.9 Å². The van der Waals surface area contributed by atoms with Gasteiger partial charge in [-0.05, 0) is 18.9 Å². The van der Waals surface area contributed by atoms with Crippen molar-refractivity contribution in [3.8, 4) is 11.9 Å². The number of pyridine rings is 2. The van der Waals surface area contributed by atoms with Crippen LogP contribution in [-0.2, 0) is 0 Å². The molecule has 3 heterocycles. The molecular formula is C15H11N7O2. The molecule has 0 atom stereocenters. The van der Waals surface area contributed by atoms with Gasteiger partial charge in [-0.25, -0.2) is 9.97 Å². The highest BCUT2D eigenvalue weighted by molar-refractivity contribution is 5.77. The molecule has 24 heavy (non-hydrogen) atoms. The van der Waals surface area contributed by atoms with E-state index >= 15 is 0 Å². The summed E-state index contributed by atoms with van der Waals surface area (Å²) in [6.45, 7) is 0. The molecular weight excluding hydrogens is 310 g/mol. The highest BCUT2D eigenvalue weighted by atomic mass is 16.6. The van der Waals surface area contributed by atoms with Crippen LogP contribution in [0, 0.1) is 21.4 Å². The highest BCUT2D eigenvalue weighted by Crippen LogP contribution is 2.31. The van der Waals surface area contributed by atoms with Crippen LogP contribution in [0.3, 0.4) is 0 Å². The first kappa shape index (κ1) is 14.1. The molecule has 1 aliphatic carbocycles. The molecule has 0 saturated heterocycles. The predicted molar refractivity (Wildman–Crippen MR) is 84.7 cm³/mol. The van der Waals surface area contributed by atoms with Crippen molar-refractivity contribution >= 4 is 22.4 Å². The molecule has 0 bridgehead atoms. The Balaban J connectivity index is 1.81. The Hall–Kier alpha value is -3.54. The number of nitro groups is 1. The van der Waals surface area contributed by atoms with Crippen molar-refractivity contribution in [3.63, 3.8) is 0 Å². The largest absolute Gasteiger partial charge is 0.377 e. The summed E-state index contributed by atoms with van der Waals surface area (Å²) in [7, 11) is 0. The van der Waals surface area contributed by atoms with E-state index in [1.807, 2.05) is 6.07 Å². The summed E-state index contributed by atoms with van der Waals surface area (Å²) in [4.78, 5) is 19.1. The lowest BCUT2D eigenvalue weighted by atomic mass is 10.2. The molecule has 0 spiro atoms. The third-order valence-electron chi connectivity index (χ3n) is 3.76. The molecule has 0 aliphatic heterocycles. The zero-order valence-corrected chi connectivity index (χ0v) is 12.4. The van der Waals surface area contributed by atoms with E-state index in [9.17, 15) is 10.1 Å². The third-order valence-corrected chi connectivity index (χ3v) is 3.76. The highest BCUT2D eigenvalue weighted by Gasteiger charge is 2.26. The number of hydrogen-bond acceptors (Lipinski definition) is 7. The third kappa shape index (κ3) is 2.40. The number of anilines is 1. The summed E-state index contributed by atoms with van der Waals surface area (Å²) in [6.07, 6.45) is 6.25. The molecule has 3 aromatic heterocycles. The number of aromatic nitrogens is 4. The number of nitriles is 1. The fourth-order valence-electron chi connectivity index (χ4n) is 2.41. The average molecular weight is 321 g/mol. The summed E-state index contributed by atoms with van der Waals surface area (Å²) >= 11 is 0. The molecule has 1 N–H and O–H groups in total. The maximum atomic E-state index is 11.2.